The first kappa shape index (κ1) is 14.7. The third-order valence-electron chi connectivity index (χ3n) is 2.92. The van der Waals surface area contributed by atoms with Crippen molar-refractivity contribution in [1.29, 1.82) is 0 Å². The Morgan fingerprint density at radius 2 is 1.70 bits per heavy atom. The van der Waals surface area contributed by atoms with Gasteiger partial charge in [0.25, 0.3) is 10.0 Å². The molecule has 0 saturated carbocycles. The fourth-order valence-electron chi connectivity index (χ4n) is 1.73. The van der Waals surface area contributed by atoms with Gasteiger partial charge in [-0.15, -0.1) is 0 Å². The Hall–Kier alpha value is -1.72. The van der Waals surface area contributed by atoms with Gasteiger partial charge in [-0.25, -0.2) is 8.42 Å². The number of halogens is 1. The lowest BCUT2D eigenvalue weighted by Gasteiger charge is -2.12. The molecule has 0 heterocycles. The fraction of sp³-hybridized carbons (Fsp3) is 0.143. The lowest BCUT2D eigenvalue weighted by Crippen LogP contribution is -2.14. The summed E-state index contributed by atoms with van der Waals surface area (Å²) in [4.78, 5) is 0.204. The van der Waals surface area contributed by atoms with Gasteiger partial charge in [0.1, 0.15) is 0 Å². The van der Waals surface area contributed by atoms with Gasteiger partial charge >= 0.3 is 0 Å². The summed E-state index contributed by atoms with van der Waals surface area (Å²) in [5, 5.41) is 0.317. The molecule has 6 heteroatoms. The Balaban J connectivity index is 2.38. The predicted octanol–water partition coefficient (Wildman–Crippen LogP) is 3.34. The zero-order valence-corrected chi connectivity index (χ0v) is 12.7. The lowest BCUT2D eigenvalue weighted by molar-refractivity contribution is 0.601. The number of benzene rings is 2. The van der Waals surface area contributed by atoms with Gasteiger partial charge in [-0.1, -0.05) is 29.3 Å². The molecule has 106 valence electrons. The molecule has 0 aromatic heterocycles. The highest BCUT2D eigenvalue weighted by Crippen LogP contribution is 2.28. The van der Waals surface area contributed by atoms with Gasteiger partial charge in [0.15, 0.2) is 0 Å². The molecule has 2 aromatic carbocycles. The Morgan fingerprint density at radius 3 is 2.30 bits per heavy atom. The number of aryl methyl sites for hydroxylation is 2. The number of hydrogen-bond donors (Lipinski definition) is 2. The lowest BCUT2D eigenvalue weighted by atomic mass is 10.2. The summed E-state index contributed by atoms with van der Waals surface area (Å²) in [5.74, 6) is 0. The normalized spacial score (nSPS) is 11.3. The first-order chi connectivity index (χ1) is 9.29. The molecule has 0 bridgehead atoms. The smallest absolute Gasteiger partial charge is 0.261 e. The Bertz CT molecular complexity index is 741. The van der Waals surface area contributed by atoms with E-state index in [1.54, 1.807) is 37.3 Å². The Morgan fingerprint density at radius 1 is 1.10 bits per heavy atom. The molecule has 0 radical (unpaired) electrons. The highest BCUT2D eigenvalue weighted by Gasteiger charge is 2.15. The molecule has 0 aliphatic rings. The largest absolute Gasteiger partial charge is 0.398 e. The number of sulfonamides is 1. The second kappa shape index (κ2) is 5.34. The number of nitrogens with one attached hydrogen (secondary N) is 1. The van der Waals surface area contributed by atoms with Gasteiger partial charge in [-0.05, 0) is 43.7 Å². The van der Waals surface area contributed by atoms with Crippen molar-refractivity contribution in [3.8, 4) is 0 Å². The summed E-state index contributed by atoms with van der Waals surface area (Å²) in [6.45, 7) is 3.66. The molecule has 0 atom stereocenters. The van der Waals surface area contributed by atoms with Crippen LogP contribution in [-0.2, 0) is 10.0 Å². The summed E-state index contributed by atoms with van der Waals surface area (Å²) in [6, 6.07) is 9.76. The van der Waals surface area contributed by atoms with Crippen LogP contribution in [0, 0.1) is 13.8 Å². The van der Waals surface area contributed by atoms with Gasteiger partial charge in [0.2, 0.25) is 0 Å². The van der Waals surface area contributed by atoms with E-state index in [1.807, 2.05) is 6.92 Å². The molecule has 0 amide bonds. The quantitative estimate of drug-likeness (QED) is 0.854. The topological polar surface area (TPSA) is 72.2 Å². The van der Waals surface area contributed by atoms with Gasteiger partial charge in [-0.3, -0.25) is 4.72 Å². The molecule has 0 saturated heterocycles. The van der Waals surface area contributed by atoms with Crippen LogP contribution in [0.3, 0.4) is 0 Å². The average Bonchev–Trinajstić information content (AvgIpc) is 2.36. The maximum absolute atomic E-state index is 12.3. The minimum absolute atomic E-state index is 0.204. The maximum atomic E-state index is 12.3. The minimum Gasteiger partial charge on any atom is -0.398 e. The van der Waals surface area contributed by atoms with Crippen LogP contribution >= 0.6 is 11.6 Å². The van der Waals surface area contributed by atoms with Crippen LogP contribution in [0.15, 0.2) is 41.3 Å². The van der Waals surface area contributed by atoms with E-state index in [2.05, 4.69) is 4.72 Å². The number of nitrogens with two attached hydrogens (primary N) is 1. The molecule has 0 spiro atoms. The summed E-state index contributed by atoms with van der Waals surface area (Å²) < 4.78 is 27.1. The van der Waals surface area contributed by atoms with Crippen LogP contribution in [0.5, 0.6) is 0 Å². The number of hydrogen-bond acceptors (Lipinski definition) is 3. The van der Waals surface area contributed by atoms with Gasteiger partial charge in [-0.2, -0.15) is 0 Å². The Labute approximate surface area is 123 Å². The number of anilines is 2. The van der Waals surface area contributed by atoms with Crippen LogP contribution in [0.4, 0.5) is 11.4 Å². The monoisotopic (exact) mass is 310 g/mol. The van der Waals surface area contributed by atoms with Crippen LogP contribution < -0.4 is 10.5 Å². The van der Waals surface area contributed by atoms with Gasteiger partial charge in [0, 0.05) is 0 Å². The zero-order chi connectivity index (χ0) is 14.9. The molecule has 2 aromatic rings. The van der Waals surface area contributed by atoms with Gasteiger partial charge in [0.05, 0.1) is 21.3 Å². The summed E-state index contributed by atoms with van der Waals surface area (Å²) in [5.41, 5.74) is 8.22. The maximum Gasteiger partial charge on any atom is 0.261 e. The molecule has 20 heavy (non-hydrogen) atoms. The molecule has 0 aliphatic heterocycles. The predicted molar refractivity (Wildman–Crippen MR) is 82.6 cm³/mol. The van der Waals surface area contributed by atoms with E-state index in [0.29, 0.717) is 22.0 Å². The van der Waals surface area contributed by atoms with E-state index >= 15 is 0 Å². The van der Waals surface area contributed by atoms with Crippen molar-refractivity contribution in [3.05, 3.63) is 52.5 Å². The second-order valence-electron chi connectivity index (χ2n) is 4.61. The van der Waals surface area contributed by atoms with Crippen molar-refractivity contribution in [2.24, 2.45) is 0 Å². The second-order valence-corrected chi connectivity index (χ2v) is 6.70. The van der Waals surface area contributed by atoms with Crippen molar-refractivity contribution < 1.29 is 8.42 Å². The van der Waals surface area contributed by atoms with E-state index in [-0.39, 0.29) is 4.90 Å². The molecule has 0 fully saturated rings. The molecular formula is C14H15ClN2O2S. The van der Waals surface area contributed by atoms with E-state index in [4.69, 9.17) is 17.3 Å². The van der Waals surface area contributed by atoms with Crippen LogP contribution in [0.25, 0.3) is 0 Å². The van der Waals surface area contributed by atoms with Crippen molar-refractivity contribution in [1.82, 2.24) is 0 Å². The number of rotatable bonds is 3. The third kappa shape index (κ3) is 3.05. The summed E-state index contributed by atoms with van der Waals surface area (Å²) >= 11 is 5.92. The third-order valence-corrected chi connectivity index (χ3v) is 4.63. The van der Waals surface area contributed by atoms with Crippen molar-refractivity contribution >= 4 is 33.0 Å². The van der Waals surface area contributed by atoms with Crippen LogP contribution in [0.2, 0.25) is 5.02 Å². The fourth-order valence-corrected chi connectivity index (χ4v) is 3.02. The minimum atomic E-state index is -3.63. The van der Waals surface area contributed by atoms with E-state index < -0.39 is 10.0 Å². The molecule has 3 N–H and O–H groups in total. The molecular weight excluding hydrogens is 296 g/mol. The summed E-state index contributed by atoms with van der Waals surface area (Å²) in [7, 11) is -3.63. The van der Waals surface area contributed by atoms with Crippen LogP contribution in [-0.4, -0.2) is 8.42 Å². The SMILES string of the molecule is Cc1ccc(S(=O)(=O)Nc2cc(Cl)c(N)cc2C)cc1. The highest BCUT2D eigenvalue weighted by molar-refractivity contribution is 7.92. The molecule has 4 nitrogen and oxygen atoms in total. The van der Waals surface area contributed by atoms with E-state index in [1.165, 1.54) is 6.07 Å². The highest BCUT2D eigenvalue weighted by atomic mass is 35.5. The van der Waals surface area contributed by atoms with E-state index in [9.17, 15) is 8.42 Å². The molecule has 0 aliphatic carbocycles. The first-order valence-electron chi connectivity index (χ1n) is 5.95. The van der Waals surface area contributed by atoms with Gasteiger partial charge < -0.3 is 5.73 Å². The van der Waals surface area contributed by atoms with E-state index in [0.717, 1.165) is 5.56 Å². The first-order valence-corrected chi connectivity index (χ1v) is 7.81. The van der Waals surface area contributed by atoms with Crippen molar-refractivity contribution in [3.63, 3.8) is 0 Å². The average molecular weight is 311 g/mol. The van der Waals surface area contributed by atoms with Crippen LogP contribution in [0.1, 0.15) is 11.1 Å². The standard InChI is InChI=1S/C14H15ClN2O2S/c1-9-3-5-11(6-4-9)20(18,19)17-14-8-12(15)13(16)7-10(14)2/h3-8,17H,16H2,1-2H3. The molecule has 2 rings (SSSR count). The Kier molecular flexibility index (Phi) is 3.92. The molecule has 0 unspecified atom stereocenters. The number of nitrogen functional groups attached to an aromatic ring is 1. The zero-order valence-electron chi connectivity index (χ0n) is 11.1. The van der Waals surface area contributed by atoms with Crippen molar-refractivity contribution in [2.75, 3.05) is 10.5 Å². The summed E-state index contributed by atoms with van der Waals surface area (Å²) in [6.07, 6.45) is 0. The van der Waals surface area contributed by atoms with Crippen molar-refractivity contribution in [2.45, 2.75) is 18.7 Å².